The molecule has 21 heavy (non-hydrogen) atoms. The molecule has 120 valence electrons. The summed E-state index contributed by atoms with van der Waals surface area (Å²) < 4.78 is 57.3. The molecule has 2 nitrogen and oxygen atoms in total. The van der Waals surface area contributed by atoms with E-state index in [4.69, 9.17) is 10.2 Å². The number of hydrogen-bond donors (Lipinski definition) is 1. The minimum absolute atomic E-state index is 0.0927. The lowest BCUT2D eigenvalue weighted by Gasteiger charge is -2.36. The van der Waals surface area contributed by atoms with Gasteiger partial charge in [-0.1, -0.05) is 26.8 Å². The Kier molecular flexibility index (Phi) is 4.80. The van der Waals surface area contributed by atoms with E-state index in [9.17, 15) is 17.6 Å². The number of nitrogens with two attached hydrogens (primary N) is 1. The van der Waals surface area contributed by atoms with Crippen LogP contribution in [0.3, 0.4) is 0 Å². The number of alkyl halides is 3. The van der Waals surface area contributed by atoms with Crippen molar-refractivity contribution in [3.05, 3.63) is 29.6 Å². The molecule has 0 aliphatic carbocycles. The summed E-state index contributed by atoms with van der Waals surface area (Å²) in [6.45, 7) is 10.00. The highest BCUT2D eigenvalue weighted by Crippen LogP contribution is 2.38. The summed E-state index contributed by atoms with van der Waals surface area (Å²) in [5, 5.41) is -0.0927. The lowest BCUT2D eigenvalue weighted by Crippen LogP contribution is -2.43. The first-order chi connectivity index (χ1) is 9.25. The van der Waals surface area contributed by atoms with Crippen LogP contribution >= 0.6 is 0 Å². The van der Waals surface area contributed by atoms with Crippen molar-refractivity contribution in [1.82, 2.24) is 0 Å². The third kappa shape index (κ3) is 4.20. The molecule has 1 rings (SSSR count). The van der Waals surface area contributed by atoms with Gasteiger partial charge in [-0.3, -0.25) is 0 Å². The Labute approximate surface area is 123 Å². The highest BCUT2D eigenvalue weighted by Gasteiger charge is 2.41. The third-order valence-corrected chi connectivity index (χ3v) is 8.20. The Morgan fingerprint density at radius 2 is 1.67 bits per heavy atom. The van der Waals surface area contributed by atoms with Crippen LogP contribution in [0.1, 0.15) is 32.4 Å². The molecule has 0 spiro atoms. The number of benzene rings is 1. The molecule has 0 fully saturated rings. The summed E-state index contributed by atoms with van der Waals surface area (Å²) in [6.07, 6.45) is -4.68. The summed E-state index contributed by atoms with van der Waals surface area (Å²) >= 11 is 0. The van der Waals surface area contributed by atoms with Crippen molar-refractivity contribution in [2.45, 2.75) is 51.1 Å². The zero-order valence-corrected chi connectivity index (χ0v) is 13.8. The Morgan fingerprint density at radius 3 is 2.05 bits per heavy atom. The maximum atomic E-state index is 13.9. The zero-order chi connectivity index (χ0) is 16.6. The van der Waals surface area contributed by atoms with Gasteiger partial charge in [0.15, 0.2) is 0 Å². The molecule has 0 unspecified atom stereocenters. The first kappa shape index (κ1) is 18.0. The van der Waals surface area contributed by atoms with Gasteiger partial charge in [-0.2, -0.15) is 13.2 Å². The van der Waals surface area contributed by atoms with Crippen molar-refractivity contribution >= 4 is 8.32 Å². The molecule has 1 aromatic carbocycles. The summed E-state index contributed by atoms with van der Waals surface area (Å²) in [4.78, 5) is 0. The SMILES string of the molecule is CC(C)(C)[Si](C)(C)Oc1ccc([C@H](N)C(F)(F)F)c(F)c1. The summed E-state index contributed by atoms with van der Waals surface area (Å²) in [7, 11) is -2.17. The van der Waals surface area contributed by atoms with Gasteiger partial charge in [-0.25, -0.2) is 4.39 Å². The van der Waals surface area contributed by atoms with Crippen molar-refractivity contribution in [2.24, 2.45) is 5.73 Å². The van der Waals surface area contributed by atoms with Crippen LogP contribution in [0.25, 0.3) is 0 Å². The van der Waals surface area contributed by atoms with Gasteiger partial charge in [0, 0.05) is 11.6 Å². The average Bonchev–Trinajstić information content (AvgIpc) is 2.24. The minimum atomic E-state index is -4.68. The van der Waals surface area contributed by atoms with E-state index in [1.165, 1.54) is 6.07 Å². The van der Waals surface area contributed by atoms with Gasteiger partial charge in [0.05, 0.1) is 0 Å². The Morgan fingerprint density at radius 1 is 1.14 bits per heavy atom. The van der Waals surface area contributed by atoms with Crippen molar-refractivity contribution in [3.63, 3.8) is 0 Å². The maximum Gasteiger partial charge on any atom is 0.407 e. The van der Waals surface area contributed by atoms with Gasteiger partial charge in [0.1, 0.15) is 17.6 Å². The second kappa shape index (κ2) is 5.60. The smallest absolute Gasteiger partial charge is 0.407 e. The average molecular weight is 323 g/mol. The van der Waals surface area contributed by atoms with Crippen molar-refractivity contribution < 1.29 is 22.0 Å². The molecule has 0 heterocycles. The Hall–Kier alpha value is -1.08. The molecule has 0 aromatic heterocycles. The molecule has 7 heteroatoms. The molecule has 0 aliphatic heterocycles. The molecule has 0 bridgehead atoms. The van der Waals surface area contributed by atoms with Gasteiger partial charge in [-0.05, 0) is 24.2 Å². The van der Waals surface area contributed by atoms with E-state index >= 15 is 0 Å². The van der Waals surface area contributed by atoms with E-state index in [1.54, 1.807) is 0 Å². The van der Waals surface area contributed by atoms with Crippen LogP contribution in [0.5, 0.6) is 5.75 Å². The minimum Gasteiger partial charge on any atom is -0.543 e. The first-order valence-electron chi connectivity index (χ1n) is 6.56. The second-order valence-electron chi connectivity index (χ2n) is 6.56. The third-order valence-electron chi connectivity index (χ3n) is 3.84. The largest absolute Gasteiger partial charge is 0.543 e. The topological polar surface area (TPSA) is 35.2 Å². The normalized spacial score (nSPS) is 15.0. The summed E-state index contributed by atoms with van der Waals surface area (Å²) in [5.41, 5.74) is 4.44. The fourth-order valence-corrected chi connectivity index (χ4v) is 2.47. The summed E-state index contributed by atoms with van der Waals surface area (Å²) in [5.74, 6) is -0.770. The van der Waals surface area contributed by atoms with Gasteiger partial charge in [0.25, 0.3) is 0 Å². The van der Waals surface area contributed by atoms with Crippen molar-refractivity contribution in [2.75, 3.05) is 0 Å². The van der Waals surface area contributed by atoms with E-state index in [0.717, 1.165) is 12.1 Å². The standard InChI is InChI=1S/C14H21F4NOSi/c1-13(2,3)21(4,5)20-9-6-7-10(11(15)8-9)12(19)14(16,17)18/h6-8,12H,19H2,1-5H3/t12-/m0/s1. The zero-order valence-electron chi connectivity index (χ0n) is 12.8. The van der Waals surface area contributed by atoms with Crippen LogP contribution in [-0.2, 0) is 0 Å². The molecular weight excluding hydrogens is 302 g/mol. The van der Waals surface area contributed by atoms with Crippen LogP contribution in [0.2, 0.25) is 18.1 Å². The van der Waals surface area contributed by atoms with Gasteiger partial charge >= 0.3 is 6.18 Å². The van der Waals surface area contributed by atoms with Gasteiger partial charge in [-0.15, -0.1) is 0 Å². The molecule has 0 saturated heterocycles. The Bertz CT molecular complexity index is 509. The molecule has 0 saturated carbocycles. The van der Waals surface area contributed by atoms with Crippen molar-refractivity contribution in [1.29, 1.82) is 0 Å². The summed E-state index contributed by atoms with van der Waals surface area (Å²) in [6, 6.07) is 1.02. The van der Waals surface area contributed by atoms with E-state index < -0.39 is 31.9 Å². The predicted molar refractivity (Wildman–Crippen MR) is 77.2 cm³/mol. The van der Waals surface area contributed by atoms with Crippen LogP contribution in [-0.4, -0.2) is 14.5 Å². The second-order valence-corrected chi connectivity index (χ2v) is 11.3. The predicted octanol–water partition coefficient (Wildman–Crippen LogP) is 4.77. The number of halogens is 4. The highest BCUT2D eigenvalue weighted by atomic mass is 28.4. The van der Waals surface area contributed by atoms with Gasteiger partial charge in [0.2, 0.25) is 8.32 Å². The van der Waals surface area contributed by atoms with E-state index in [2.05, 4.69) is 0 Å². The lowest BCUT2D eigenvalue weighted by molar-refractivity contribution is -0.149. The van der Waals surface area contributed by atoms with Crippen LogP contribution in [0, 0.1) is 5.82 Å². The van der Waals surface area contributed by atoms with Crippen LogP contribution in [0.4, 0.5) is 17.6 Å². The number of hydrogen-bond acceptors (Lipinski definition) is 2. The lowest BCUT2D eigenvalue weighted by atomic mass is 10.1. The Balaban J connectivity index is 3.04. The molecule has 2 N–H and O–H groups in total. The highest BCUT2D eigenvalue weighted by molar-refractivity contribution is 6.74. The van der Waals surface area contributed by atoms with E-state index in [-0.39, 0.29) is 10.8 Å². The molecule has 0 aliphatic rings. The molecule has 1 atom stereocenters. The van der Waals surface area contributed by atoms with Crippen molar-refractivity contribution in [3.8, 4) is 5.75 Å². The quantitative estimate of drug-likeness (QED) is 0.642. The maximum absolute atomic E-state index is 13.9. The van der Waals surface area contributed by atoms with Crippen LogP contribution < -0.4 is 10.2 Å². The molecule has 1 aromatic rings. The number of rotatable bonds is 3. The fourth-order valence-electron chi connectivity index (χ4n) is 1.45. The van der Waals surface area contributed by atoms with E-state index in [1.807, 2.05) is 33.9 Å². The molecular formula is C14H21F4NOSi. The molecule has 0 amide bonds. The first-order valence-corrected chi connectivity index (χ1v) is 9.47. The molecule has 0 radical (unpaired) electrons. The fraction of sp³-hybridized carbons (Fsp3) is 0.571. The van der Waals surface area contributed by atoms with Gasteiger partial charge < -0.3 is 10.2 Å². The van der Waals surface area contributed by atoms with E-state index in [0.29, 0.717) is 0 Å². The monoisotopic (exact) mass is 323 g/mol. The van der Waals surface area contributed by atoms with Crippen LogP contribution in [0.15, 0.2) is 18.2 Å².